The van der Waals surface area contributed by atoms with Gasteiger partial charge in [-0.15, -0.1) is 10.2 Å². The number of benzene rings is 1. The smallest absolute Gasteiger partial charge is 0.270 e. The molecule has 0 atom stereocenters. The Kier molecular flexibility index (Phi) is 4.48. The largest absolute Gasteiger partial charge is 0.489 e. The molecule has 10 nitrogen and oxygen atoms in total. The number of aromatic nitrogens is 3. The molecule has 0 amide bonds. The average molecular weight is 361 g/mol. The number of non-ortho nitro benzene ring substituents is 1. The number of Topliss-reactive ketones (excluding diaryl/α,β-unsaturated/α-hetero) is 1. The number of nitrogens with zero attached hydrogens (tertiary/aromatic N) is 4. The fraction of sp³-hybridized carbons (Fsp3) is 0.143. The number of hydrogen-bond acceptors (Lipinski definition) is 9. The van der Waals surface area contributed by atoms with E-state index >= 15 is 0 Å². The van der Waals surface area contributed by atoms with Crippen LogP contribution in [0.3, 0.4) is 0 Å². The topological polar surface area (TPSA) is 143 Å². The van der Waals surface area contributed by atoms with Gasteiger partial charge in [-0.1, -0.05) is 23.9 Å². The van der Waals surface area contributed by atoms with Crippen LogP contribution < -0.4 is 5.84 Å². The van der Waals surface area contributed by atoms with Crippen molar-refractivity contribution in [1.82, 2.24) is 14.9 Å². The van der Waals surface area contributed by atoms with Gasteiger partial charge in [0, 0.05) is 23.8 Å². The number of carbonyl (C=O) groups is 2. The molecule has 1 aromatic carbocycles. The van der Waals surface area contributed by atoms with Gasteiger partial charge in [-0.3, -0.25) is 19.7 Å². The Morgan fingerprint density at radius 1 is 1.36 bits per heavy atom. The van der Waals surface area contributed by atoms with Crippen LogP contribution in [0.25, 0.3) is 11.4 Å². The highest BCUT2D eigenvalue weighted by molar-refractivity contribution is 7.99. The van der Waals surface area contributed by atoms with Gasteiger partial charge in [-0.2, -0.15) is 0 Å². The summed E-state index contributed by atoms with van der Waals surface area (Å²) in [6, 6.07) is 5.87. The highest BCUT2D eigenvalue weighted by atomic mass is 32.2. The minimum Gasteiger partial charge on any atom is -0.489 e. The normalized spacial score (nSPS) is 14.2. The summed E-state index contributed by atoms with van der Waals surface area (Å²) in [5, 5.41) is 19.1. The fourth-order valence-electron chi connectivity index (χ4n) is 2.05. The second kappa shape index (κ2) is 6.73. The lowest BCUT2D eigenvalue weighted by molar-refractivity contribution is -0.384. The molecule has 2 heterocycles. The third-order valence-corrected chi connectivity index (χ3v) is 4.24. The molecule has 0 radical (unpaired) electrons. The van der Waals surface area contributed by atoms with Crippen LogP contribution in [0, 0.1) is 10.1 Å². The lowest BCUT2D eigenvalue weighted by atomic mass is 10.2. The Labute approximate surface area is 144 Å². The molecule has 0 spiro atoms. The van der Waals surface area contributed by atoms with Gasteiger partial charge in [-0.25, -0.2) is 4.68 Å². The number of ketones is 2. The number of nitrogen functional groups attached to an aromatic ring is 1. The van der Waals surface area contributed by atoms with E-state index in [1.54, 1.807) is 6.07 Å². The first-order valence-electron chi connectivity index (χ1n) is 6.94. The fourth-order valence-corrected chi connectivity index (χ4v) is 2.81. The number of ether oxygens (including phenoxy) is 1. The molecule has 0 saturated carbocycles. The summed E-state index contributed by atoms with van der Waals surface area (Å²) in [6.45, 7) is -0.278. The molecular weight excluding hydrogens is 350 g/mol. The van der Waals surface area contributed by atoms with Gasteiger partial charge in [0.2, 0.25) is 16.7 Å². The van der Waals surface area contributed by atoms with Crippen LogP contribution in [-0.2, 0) is 14.3 Å². The Morgan fingerprint density at radius 3 is 2.88 bits per heavy atom. The zero-order chi connectivity index (χ0) is 18.0. The van der Waals surface area contributed by atoms with Crippen LogP contribution in [0.2, 0.25) is 0 Å². The third kappa shape index (κ3) is 3.50. The van der Waals surface area contributed by atoms with Crippen LogP contribution in [0.15, 0.2) is 41.3 Å². The maximum Gasteiger partial charge on any atom is 0.270 e. The second-order valence-corrected chi connectivity index (χ2v) is 5.90. The molecule has 0 fully saturated rings. The molecule has 0 bridgehead atoms. The van der Waals surface area contributed by atoms with Crippen LogP contribution in [0.4, 0.5) is 5.69 Å². The molecule has 0 aliphatic carbocycles. The van der Waals surface area contributed by atoms with Crippen LogP contribution >= 0.6 is 11.8 Å². The van der Waals surface area contributed by atoms with Crippen molar-refractivity contribution in [3.05, 3.63) is 46.2 Å². The van der Waals surface area contributed by atoms with E-state index in [1.807, 2.05) is 0 Å². The van der Waals surface area contributed by atoms with Crippen molar-refractivity contribution in [3.63, 3.8) is 0 Å². The Hall–Kier alpha value is -3.21. The van der Waals surface area contributed by atoms with Gasteiger partial charge < -0.3 is 10.6 Å². The van der Waals surface area contributed by atoms with Gasteiger partial charge in [0.05, 0.1) is 10.7 Å². The quantitative estimate of drug-likeness (QED) is 0.268. The van der Waals surface area contributed by atoms with E-state index in [1.165, 1.54) is 22.9 Å². The SMILES string of the molecule is Nn1c(SCC2=CC(=O)C(=O)CO2)nnc1-c1cccc([N+](=O)[O-])c1. The molecule has 25 heavy (non-hydrogen) atoms. The standard InChI is InChI=1S/C14H11N5O5S/c15-18-13(8-2-1-3-9(4-8)19(22)23)16-17-14(18)25-7-10-5-11(20)12(21)6-24-10/h1-5H,6-7,15H2. The van der Waals surface area contributed by atoms with E-state index in [0.717, 1.165) is 17.8 Å². The summed E-state index contributed by atoms with van der Waals surface area (Å²) in [6.07, 6.45) is 1.14. The summed E-state index contributed by atoms with van der Waals surface area (Å²) in [4.78, 5) is 32.8. The third-order valence-electron chi connectivity index (χ3n) is 3.28. The lowest BCUT2D eigenvalue weighted by Crippen LogP contribution is -2.23. The van der Waals surface area contributed by atoms with Gasteiger partial charge in [0.1, 0.15) is 5.76 Å². The molecular formula is C14H11N5O5S. The molecule has 0 unspecified atom stereocenters. The summed E-state index contributed by atoms with van der Waals surface area (Å²) in [7, 11) is 0. The van der Waals surface area contributed by atoms with Crippen molar-refractivity contribution in [2.24, 2.45) is 0 Å². The number of allylic oxidation sites excluding steroid dienone is 1. The predicted octanol–water partition coefficient (Wildman–Crippen LogP) is 0.711. The van der Waals surface area contributed by atoms with E-state index in [-0.39, 0.29) is 23.9 Å². The molecule has 1 aromatic heterocycles. The minimum absolute atomic E-state index is 0.0846. The van der Waals surface area contributed by atoms with E-state index in [4.69, 9.17) is 10.6 Å². The van der Waals surface area contributed by atoms with Crippen molar-refractivity contribution >= 4 is 29.0 Å². The zero-order valence-corrected chi connectivity index (χ0v) is 13.4. The molecule has 3 rings (SSSR count). The van der Waals surface area contributed by atoms with E-state index in [2.05, 4.69) is 10.2 Å². The van der Waals surface area contributed by atoms with E-state index < -0.39 is 16.5 Å². The predicted molar refractivity (Wildman–Crippen MR) is 87.0 cm³/mol. The first-order chi connectivity index (χ1) is 12.0. The molecule has 0 saturated heterocycles. The van der Waals surface area contributed by atoms with Crippen molar-refractivity contribution in [3.8, 4) is 11.4 Å². The zero-order valence-electron chi connectivity index (χ0n) is 12.6. The second-order valence-electron chi connectivity index (χ2n) is 4.96. The first-order valence-corrected chi connectivity index (χ1v) is 7.93. The molecule has 1 aliphatic heterocycles. The van der Waals surface area contributed by atoms with Crippen LogP contribution in [0.1, 0.15) is 0 Å². The highest BCUT2D eigenvalue weighted by Gasteiger charge is 2.21. The number of hydrogen-bond donors (Lipinski definition) is 1. The lowest BCUT2D eigenvalue weighted by Gasteiger charge is -2.12. The maximum absolute atomic E-state index is 11.3. The number of rotatable bonds is 5. The molecule has 11 heteroatoms. The number of nitro groups is 1. The highest BCUT2D eigenvalue weighted by Crippen LogP contribution is 2.26. The molecule has 2 aromatic rings. The monoisotopic (exact) mass is 361 g/mol. The van der Waals surface area contributed by atoms with Gasteiger partial charge in [-0.05, 0) is 0 Å². The Bertz CT molecular complexity index is 907. The van der Waals surface area contributed by atoms with Crippen molar-refractivity contribution in [2.45, 2.75) is 5.16 Å². The number of thioether (sulfide) groups is 1. The summed E-state index contributed by atoms with van der Waals surface area (Å²) in [5.41, 5.74) is 0.364. The average Bonchev–Trinajstić information content (AvgIpc) is 2.97. The van der Waals surface area contributed by atoms with Crippen molar-refractivity contribution in [2.75, 3.05) is 18.2 Å². The van der Waals surface area contributed by atoms with Crippen molar-refractivity contribution in [1.29, 1.82) is 0 Å². The van der Waals surface area contributed by atoms with Crippen LogP contribution in [0.5, 0.6) is 0 Å². The van der Waals surface area contributed by atoms with Crippen molar-refractivity contribution < 1.29 is 19.2 Å². The summed E-state index contributed by atoms with van der Waals surface area (Å²) >= 11 is 1.16. The summed E-state index contributed by atoms with van der Waals surface area (Å²) < 4.78 is 6.35. The number of nitrogens with two attached hydrogens (primary N) is 1. The maximum atomic E-state index is 11.3. The van der Waals surface area contributed by atoms with Gasteiger partial charge in [0.15, 0.2) is 12.4 Å². The molecule has 1 aliphatic rings. The summed E-state index contributed by atoms with van der Waals surface area (Å²) in [5.74, 6) is 5.59. The first kappa shape index (κ1) is 16.6. The Balaban J connectivity index is 1.77. The van der Waals surface area contributed by atoms with E-state index in [0.29, 0.717) is 16.5 Å². The minimum atomic E-state index is -0.603. The van der Waals surface area contributed by atoms with Gasteiger partial charge >= 0.3 is 0 Å². The molecule has 128 valence electrons. The molecule has 2 N–H and O–H groups in total. The number of nitro benzene ring substituents is 1. The Morgan fingerprint density at radius 2 is 2.16 bits per heavy atom. The van der Waals surface area contributed by atoms with Crippen LogP contribution in [-0.4, -0.2) is 43.7 Å². The van der Waals surface area contributed by atoms with Gasteiger partial charge in [0.25, 0.3) is 5.69 Å². The number of carbonyl (C=O) groups excluding carboxylic acids is 2. The van der Waals surface area contributed by atoms with E-state index in [9.17, 15) is 19.7 Å².